The van der Waals surface area contributed by atoms with Gasteiger partial charge in [0.2, 0.25) is 0 Å². The number of rotatable bonds is 6. The maximum Gasteiger partial charge on any atom is 0.127 e. The molecule has 1 aromatic carbocycles. The highest BCUT2D eigenvalue weighted by atomic mass is 16.5. The lowest BCUT2D eigenvalue weighted by Gasteiger charge is -2.08. The zero-order valence-electron chi connectivity index (χ0n) is 8.92. The first kappa shape index (κ1) is 11.1. The minimum Gasteiger partial charge on any atom is -0.493 e. The highest BCUT2D eigenvalue weighted by Crippen LogP contribution is 2.06. The molecule has 0 aliphatic carbocycles. The van der Waals surface area contributed by atoms with E-state index in [0.717, 1.165) is 25.3 Å². The number of para-hydroxylation sites is 1. The molecule has 0 saturated carbocycles. The van der Waals surface area contributed by atoms with Gasteiger partial charge < -0.3 is 10.1 Å². The molecule has 0 fully saturated rings. The minimum absolute atomic E-state index is 0.554. The molecule has 0 atom stereocenters. The number of hydrogen-bond donors (Lipinski definition) is 1. The predicted molar refractivity (Wildman–Crippen MR) is 58.5 cm³/mol. The fraction of sp³-hybridized carbons (Fsp3) is 0.500. The van der Waals surface area contributed by atoms with Crippen molar-refractivity contribution >= 4 is 0 Å². The molecule has 0 aromatic heterocycles. The van der Waals surface area contributed by atoms with E-state index in [9.17, 15) is 0 Å². The summed E-state index contributed by atoms with van der Waals surface area (Å²) in [5.74, 6) is 0.831. The Morgan fingerprint density at radius 3 is 2.93 bits per heavy atom. The third-order valence-electron chi connectivity index (χ3n) is 1.81. The second-order valence-electron chi connectivity index (χ2n) is 3.54. The van der Waals surface area contributed by atoms with Gasteiger partial charge in [0.05, 0.1) is 6.61 Å². The highest BCUT2D eigenvalue weighted by Gasteiger charge is 1.93. The van der Waals surface area contributed by atoms with Crippen molar-refractivity contribution in [3.63, 3.8) is 0 Å². The summed E-state index contributed by atoms with van der Waals surface area (Å²) in [4.78, 5) is 0. The monoisotopic (exact) mass is 192 g/mol. The summed E-state index contributed by atoms with van der Waals surface area (Å²) in [6, 6.07) is 11.3. The van der Waals surface area contributed by atoms with Crippen molar-refractivity contribution in [2.24, 2.45) is 0 Å². The second kappa shape index (κ2) is 6.44. The van der Waals surface area contributed by atoms with Crippen LogP contribution in [0.3, 0.4) is 0 Å². The first-order valence-electron chi connectivity index (χ1n) is 5.12. The van der Waals surface area contributed by atoms with Gasteiger partial charge in [0.1, 0.15) is 5.75 Å². The molecule has 1 N–H and O–H groups in total. The number of hydrogen-bond acceptors (Lipinski definition) is 2. The van der Waals surface area contributed by atoms with Crippen molar-refractivity contribution in [1.29, 1.82) is 0 Å². The summed E-state index contributed by atoms with van der Waals surface area (Å²) in [5.41, 5.74) is 0. The fourth-order valence-electron chi connectivity index (χ4n) is 1.11. The summed E-state index contributed by atoms with van der Waals surface area (Å²) in [7, 11) is 0. The molecule has 0 heterocycles. The van der Waals surface area contributed by atoms with E-state index in [-0.39, 0.29) is 0 Å². The molecule has 2 nitrogen and oxygen atoms in total. The first-order chi connectivity index (χ1) is 6.79. The van der Waals surface area contributed by atoms with Crippen LogP contribution in [0, 0.1) is 6.07 Å². The van der Waals surface area contributed by atoms with Crippen LogP contribution in [0.4, 0.5) is 0 Å². The van der Waals surface area contributed by atoms with E-state index in [0.29, 0.717) is 6.04 Å². The summed E-state index contributed by atoms with van der Waals surface area (Å²) in [6.45, 7) is 6.04. The third-order valence-corrected chi connectivity index (χ3v) is 1.81. The van der Waals surface area contributed by atoms with Crippen molar-refractivity contribution in [2.45, 2.75) is 26.3 Å². The van der Waals surface area contributed by atoms with Gasteiger partial charge in [0.25, 0.3) is 0 Å². The van der Waals surface area contributed by atoms with Crippen LogP contribution < -0.4 is 10.1 Å². The normalized spacial score (nSPS) is 10.5. The molecular weight excluding hydrogens is 174 g/mol. The smallest absolute Gasteiger partial charge is 0.127 e. The highest BCUT2D eigenvalue weighted by molar-refractivity contribution is 5.19. The molecular formula is C12H18NO. The SMILES string of the molecule is CC(C)NCCCOc1[c]cccc1. The predicted octanol–water partition coefficient (Wildman–Crippen LogP) is 2.25. The molecule has 2 heteroatoms. The lowest BCUT2D eigenvalue weighted by molar-refractivity contribution is 0.305. The Labute approximate surface area is 86.3 Å². The van der Waals surface area contributed by atoms with Crippen molar-refractivity contribution in [3.8, 4) is 5.75 Å². The zero-order chi connectivity index (χ0) is 10.2. The lowest BCUT2D eigenvalue weighted by atomic mass is 10.3. The van der Waals surface area contributed by atoms with Crippen LogP contribution in [-0.4, -0.2) is 19.2 Å². The Balaban J connectivity index is 2.05. The summed E-state index contributed by atoms with van der Waals surface area (Å²) >= 11 is 0. The first-order valence-corrected chi connectivity index (χ1v) is 5.12. The molecule has 0 aliphatic heterocycles. The van der Waals surface area contributed by atoms with Gasteiger partial charge in [-0.1, -0.05) is 32.0 Å². The van der Waals surface area contributed by atoms with Crippen LogP contribution >= 0.6 is 0 Å². The van der Waals surface area contributed by atoms with E-state index in [1.165, 1.54) is 0 Å². The topological polar surface area (TPSA) is 21.3 Å². The largest absolute Gasteiger partial charge is 0.493 e. The Kier molecular flexibility index (Phi) is 5.08. The third kappa shape index (κ3) is 4.87. The Morgan fingerprint density at radius 2 is 2.29 bits per heavy atom. The van der Waals surface area contributed by atoms with Crippen LogP contribution in [0.1, 0.15) is 20.3 Å². The Morgan fingerprint density at radius 1 is 1.43 bits per heavy atom. The van der Waals surface area contributed by atoms with Crippen molar-refractivity contribution < 1.29 is 4.74 Å². The van der Waals surface area contributed by atoms with Gasteiger partial charge in [-0.25, -0.2) is 0 Å². The van der Waals surface area contributed by atoms with Crippen molar-refractivity contribution in [1.82, 2.24) is 5.32 Å². The second-order valence-corrected chi connectivity index (χ2v) is 3.54. The summed E-state index contributed by atoms with van der Waals surface area (Å²) in [5, 5.41) is 3.34. The van der Waals surface area contributed by atoms with Crippen LogP contribution in [0.15, 0.2) is 24.3 Å². The van der Waals surface area contributed by atoms with Crippen LogP contribution in [0.25, 0.3) is 0 Å². The average molecular weight is 192 g/mol. The number of benzene rings is 1. The molecule has 0 amide bonds. The molecule has 1 rings (SSSR count). The van der Waals surface area contributed by atoms with Gasteiger partial charge in [-0.15, -0.1) is 0 Å². The van der Waals surface area contributed by atoms with Gasteiger partial charge in [0.15, 0.2) is 0 Å². The maximum absolute atomic E-state index is 5.49. The molecule has 14 heavy (non-hydrogen) atoms. The fourth-order valence-corrected chi connectivity index (χ4v) is 1.11. The van der Waals surface area contributed by atoms with Crippen molar-refractivity contribution in [3.05, 3.63) is 30.3 Å². The van der Waals surface area contributed by atoms with Gasteiger partial charge in [-0.2, -0.15) is 0 Å². The number of ether oxygens (including phenoxy) is 1. The molecule has 0 spiro atoms. The summed E-state index contributed by atoms with van der Waals surface area (Å²) < 4.78 is 5.49. The van der Waals surface area contributed by atoms with E-state index in [1.807, 2.05) is 24.3 Å². The standard InChI is InChI=1S/C12H18NO/c1-11(2)13-9-6-10-14-12-7-4-3-5-8-12/h3-5,7,11,13H,6,9-10H2,1-2H3. The van der Waals surface area contributed by atoms with Crippen molar-refractivity contribution in [2.75, 3.05) is 13.2 Å². The van der Waals surface area contributed by atoms with Gasteiger partial charge in [-0.05, 0) is 19.0 Å². The molecule has 1 radical (unpaired) electrons. The quantitative estimate of drug-likeness (QED) is 0.698. The van der Waals surface area contributed by atoms with E-state index >= 15 is 0 Å². The van der Waals surface area contributed by atoms with E-state index in [2.05, 4.69) is 25.2 Å². The van der Waals surface area contributed by atoms with Crippen LogP contribution in [0.2, 0.25) is 0 Å². The lowest BCUT2D eigenvalue weighted by Crippen LogP contribution is -2.24. The molecule has 0 bridgehead atoms. The van der Waals surface area contributed by atoms with E-state index < -0.39 is 0 Å². The molecule has 0 saturated heterocycles. The molecule has 77 valence electrons. The molecule has 0 aliphatic rings. The van der Waals surface area contributed by atoms with Crippen LogP contribution in [-0.2, 0) is 0 Å². The van der Waals surface area contributed by atoms with E-state index in [4.69, 9.17) is 4.74 Å². The van der Waals surface area contributed by atoms with Gasteiger partial charge in [-0.3, -0.25) is 0 Å². The zero-order valence-corrected chi connectivity index (χ0v) is 8.92. The number of nitrogens with one attached hydrogen (secondary N) is 1. The minimum atomic E-state index is 0.554. The Hall–Kier alpha value is -1.02. The van der Waals surface area contributed by atoms with E-state index in [1.54, 1.807) is 0 Å². The van der Waals surface area contributed by atoms with Gasteiger partial charge >= 0.3 is 0 Å². The average Bonchev–Trinajstić information content (AvgIpc) is 2.18. The molecule has 0 unspecified atom stereocenters. The van der Waals surface area contributed by atoms with Crippen LogP contribution in [0.5, 0.6) is 5.75 Å². The maximum atomic E-state index is 5.49. The molecule has 1 aromatic rings. The Bertz CT molecular complexity index is 233. The van der Waals surface area contributed by atoms with Gasteiger partial charge in [0, 0.05) is 12.1 Å². The summed E-state index contributed by atoms with van der Waals surface area (Å²) in [6.07, 6.45) is 1.03.